The molecule has 2 aromatic rings. The fraction of sp³-hybridized carbons (Fsp3) is 0.250. The Morgan fingerprint density at radius 2 is 1.93 bits per heavy atom. The molecule has 8 heteroatoms. The molecule has 1 heterocycles. The molecule has 0 unspecified atom stereocenters. The summed E-state index contributed by atoms with van der Waals surface area (Å²) in [6.45, 7) is 0.581. The van der Waals surface area contributed by atoms with E-state index in [-0.39, 0.29) is 18.8 Å². The molecule has 0 aromatic heterocycles. The molecule has 0 saturated heterocycles. The smallest absolute Gasteiger partial charge is 0.310 e. The number of anilines is 1. The molecule has 0 spiro atoms. The van der Waals surface area contributed by atoms with Gasteiger partial charge in [-0.15, -0.1) is 11.8 Å². The minimum absolute atomic E-state index is 0.0263. The van der Waals surface area contributed by atoms with Crippen LogP contribution in [0.4, 0.5) is 5.69 Å². The number of benzene rings is 2. The average Bonchev–Trinajstić information content (AvgIpc) is 2.71. The zero-order chi connectivity index (χ0) is 19.8. The number of ether oxygens (including phenoxy) is 3. The second kappa shape index (κ2) is 9.67. The van der Waals surface area contributed by atoms with Gasteiger partial charge in [0.25, 0.3) is 5.91 Å². The molecule has 1 aliphatic rings. The van der Waals surface area contributed by atoms with Crippen molar-refractivity contribution in [3.05, 3.63) is 48.0 Å². The van der Waals surface area contributed by atoms with Crippen LogP contribution in [0.5, 0.6) is 11.5 Å². The number of carbonyl (C=O) groups excluding carboxylic acids is 2. The van der Waals surface area contributed by atoms with Gasteiger partial charge < -0.3 is 19.5 Å². The molecule has 144 valence electrons. The van der Waals surface area contributed by atoms with Gasteiger partial charge in [0.1, 0.15) is 13.2 Å². The van der Waals surface area contributed by atoms with Gasteiger partial charge in [0, 0.05) is 4.90 Å². The lowest BCUT2D eigenvalue weighted by Crippen LogP contribution is -2.22. The third-order valence-corrected chi connectivity index (χ3v) is 4.71. The van der Waals surface area contributed by atoms with Crippen molar-refractivity contribution in [3.63, 3.8) is 0 Å². The van der Waals surface area contributed by atoms with Gasteiger partial charge in [-0.1, -0.05) is 18.2 Å². The number of hydrogen-bond donors (Lipinski definition) is 1. The van der Waals surface area contributed by atoms with E-state index in [0.717, 1.165) is 4.90 Å². The van der Waals surface area contributed by atoms with Crippen molar-refractivity contribution < 1.29 is 23.8 Å². The number of rotatable bonds is 7. The van der Waals surface area contributed by atoms with E-state index in [1.165, 1.54) is 11.8 Å². The van der Waals surface area contributed by atoms with E-state index in [1.807, 2.05) is 18.2 Å². The largest absolute Gasteiger partial charge is 0.486 e. The maximum absolute atomic E-state index is 12.1. The van der Waals surface area contributed by atoms with E-state index >= 15 is 0 Å². The highest BCUT2D eigenvalue weighted by molar-refractivity contribution is 7.99. The summed E-state index contributed by atoms with van der Waals surface area (Å²) in [5.74, 6) is 0.563. The first-order valence-electron chi connectivity index (χ1n) is 8.58. The molecule has 28 heavy (non-hydrogen) atoms. The predicted octanol–water partition coefficient (Wildman–Crippen LogP) is 2.80. The molecule has 0 fully saturated rings. The molecule has 0 aliphatic carbocycles. The van der Waals surface area contributed by atoms with Crippen molar-refractivity contribution in [2.75, 3.05) is 30.9 Å². The first kappa shape index (κ1) is 19.6. The number of nitrogens with zero attached hydrogens (tertiary/aromatic N) is 1. The van der Waals surface area contributed by atoms with E-state index in [9.17, 15) is 9.59 Å². The van der Waals surface area contributed by atoms with Crippen molar-refractivity contribution in [2.45, 2.75) is 11.3 Å². The Balaban J connectivity index is 1.50. The van der Waals surface area contributed by atoms with Gasteiger partial charge in [-0.3, -0.25) is 9.59 Å². The number of para-hydroxylation sites is 1. The maximum Gasteiger partial charge on any atom is 0.310 e. The number of hydrogen-bond acceptors (Lipinski definition) is 7. The summed E-state index contributed by atoms with van der Waals surface area (Å²) in [4.78, 5) is 24.9. The number of esters is 1. The second-order valence-corrected chi connectivity index (χ2v) is 6.82. The summed E-state index contributed by atoms with van der Waals surface area (Å²) in [6.07, 6.45) is 0.0263. The molecule has 7 nitrogen and oxygen atoms in total. The van der Waals surface area contributed by atoms with Crippen molar-refractivity contribution in [1.82, 2.24) is 0 Å². The highest BCUT2D eigenvalue weighted by atomic mass is 32.2. The molecule has 0 atom stereocenters. The van der Waals surface area contributed by atoms with Gasteiger partial charge in [0.05, 0.1) is 23.9 Å². The first-order chi connectivity index (χ1) is 13.7. The summed E-state index contributed by atoms with van der Waals surface area (Å²) < 4.78 is 16.0. The second-order valence-electron chi connectivity index (χ2n) is 5.81. The lowest BCUT2D eigenvalue weighted by molar-refractivity contribution is -0.146. The van der Waals surface area contributed by atoms with E-state index in [2.05, 4.69) is 5.32 Å². The normalized spacial score (nSPS) is 12.0. The predicted molar refractivity (Wildman–Crippen MR) is 104 cm³/mol. The minimum Gasteiger partial charge on any atom is -0.486 e. The van der Waals surface area contributed by atoms with Crippen LogP contribution in [0.1, 0.15) is 5.56 Å². The van der Waals surface area contributed by atoms with Gasteiger partial charge in [-0.2, -0.15) is 5.26 Å². The lowest BCUT2D eigenvalue weighted by Gasteiger charge is -2.18. The monoisotopic (exact) mass is 398 g/mol. The van der Waals surface area contributed by atoms with E-state index in [4.69, 9.17) is 19.5 Å². The third-order valence-electron chi connectivity index (χ3n) is 3.77. The fourth-order valence-corrected chi connectivity index (χ4v) is 3.22. The van der Waals surface area contributed by atoms with Crippen LogP contribution in [-0.4, -0.2) is 37.4 Å². The molecule has 1 aliphatic heterocycles. The van der Waals surface area contributed by atoms with Crippen LogP contribution in [0.15, 0.2) is 47.4 Å². The summed E-state index contributed by atoms with van der Waals surface area (Å²) in [5, 5.41) is 11.4. The molecule has 0 radical (unpaired) electrons. The molecule has 0 bridgehead atoms. The maximum atomic E-state index is 12.1. The molecular weight excluding hydrogens is 380 g/mol. The Hall–Kier alpha value is -3.18. The zero-order valence-corrected chi connectivity index (χ0v) is 15.8. The first-order valence-corrected chi connectivity index (χ1v) is 9.57. The number of carbonyl (C=O) groups is 2. The van der Waals surface area contributed by atoms with E-state index in [0.29, 0.717) is 36.0 Å². The third kappa shape index (κ3) is 5.41. The highest BCUT2D eigenvalue weighted by Crippen LogP contribution is 2.31. The fourth-order valence-electron chi connectivity index (χ4n) is 2.55. The molecular formula is C20H18N2O5S. The summed E-state index contributed by atoms with van der Waals surface area (Å²) >= 11 is 1.32. The molecule has 1 amide bonds. The average molecular weight is 398 g/mol. The summed E-state index contributed by atoms with van der Waals surface area (Å²) in [6, 6.07) is 14.4. The van der Waals surface area contributed by atoms with Crippen LogP contribution < -0.4 is 14.8 Å². The van der Waals surface area contributed by atoms with Crippen LogP contribution >= 0.6 is 11.8 Å². The number of thioether (sulfide) groups is 1. The van der Waals surface area contributed by atoms with Crippen molar-refractivity contribution in [1.29, 1.82) is 5.26 Å². The number of nitrogens with one attached hydrogen (secondary N) is 1. The van der Waals surface area contributed by atoms with Crippen LogP contribution in [0.3, 0.4) is 0 Å². The molecule has 3 rings (SSSR count). The Morgan fingerprint density at radius 1 is 1.14 bits per heavy atom. The molecule has 2 aromatic carbocycles. The Morgan fingerprint density at radius 3 is 2.75 bits per heavy atom. The van der Waals surface area contributed by atoms with Crippen molar-refractivity contribution >= 4 is 29.3 Å². The van der Waals surface area contributed by atoms with Crippen molar-refractivity contribution in [3.8, 4) is 17.6 Å². The summed E-state index contributed by atoms with van der Waals surface area (Å²) in [7, 11) is 0. The van der Waals surface area contributed by atoms with Gasteiger partial charge in [0.15, 0.2) is 18.1 Å². The number of amides is 1. The molecule has 1 N–H and O–H groups in total. The SMILES string of the molecule is N#CCSc1ccccc1NC(=O)COC(=O)Cc1ccc2c(c1)OCCO2. The van der Waals surface area contributed by atoms with E-state index in [1.54, 1.807) is 30.3 Å². The van der Waals surface area contributed by atoms with Crippen LogP contribution in [0.2, 0.25) is 0 Å². The summed E-state index contributed by atoms with van der Waals surface area (Å²) in [5.41, 5.74) is 1.29. The molecule has 0 saturated carbocycles. The van der Waals surface area contributed by atoms with E-state index < -0.39 is 11.9 Å². The highest BCUT2D eigenvalue weighted by Gasteiger charge is 2.15. The van der Waals surface area contributed by atoms with Crippen molar-refractivity contribution in [2.24, 2.45) is 0 Å². The van der Waals surface area contributed by atoms with Gasteiger partial charge in [-0.05, 0) is 29.8 Å². The zero-order valence-electron chi connectivity index (χ0n) is 15.0. The van der Waals surface area contributed by atoms with Gasteiger partial charge in [-0.25, -0.2) is 0 Å². The van der Waals surface area contributed by atoms with Gasteiger partial charge in [0.2, 0.25) is 0 Å². The Bertz CT molecular complexity index is 910. The van der Waals surface area contributed by atoms with Crippen LogP contribution in [-0.2, 0) is 20.7 Å². The minimum atomic E-state index is -0.515. The van der Waals surface area contributed by atoms with Crippen LogP contribution in [0.25, 0.3) is 0 Å². The Kier molecular flexibility index (Phi) is 6.76. The number of fused-ring (bicyclic) bond motifs is 1. The number of nitriles is 1. The standard InChI is InChI=1S/C20H18N2O5S/c21-7-10-28-18-4-2-1-3-15(18)22-19(23)13-27-20(24)12-14-5-6-16-17(11-14)26-9-8-25-16/h1-6,11H,8-10,12-13H2,(H,22,23). The topological polar surface area (TPSA) is 97.7 Å². The Labute approximate surface area is 166 Å². The van der Waals surface area contributed by atoms with Gasteiger partial charge >= 0.3 is 5.97 Å². The lowest BCUT2D eigenvalue weighted by atomic mass is 10.1. The quantitative estimate of drug-likeness (QED) is 0.566. The van der Waals surface area contributed by atoms with Crippen LogP contribution in [0, 0.1) is 11.3 Å².